The third kappa shape index (κ3) is 3.12. The summed E-state index contributed by atoms with van der Waals surface area (Å²) < 4.78 is 54.1. The van der Waals surface area contributed by atoms with Gasteiger partial charge in [0.25, 0.3) is 0 Å². The Kier molecular flexibility index (Phi) is 4.15. The summed E-state index contributed by atoms with van der Waals surface area (Å²) in [6, 6.07) is 3.22. The first-order valence-corrected chi connectivity index (χ1v) is 4.79. The first kappa shape index (κ1) is 12.8. The number of benzene rings is 1. The molecule has 1 rings (SSSR count). The van der Waals surface area contributed by atoms with Crippen molar-refractivity contribution in [1.29, 1.82) is 0 Å². The highest BCUT2D eigenvalue weighted by molar-refractivity contribution is 5.38. The SMILES string of the molecule is COc1ccc(C(F)(F)F)cc1CCCF. The van der Waals surface area contributed by atoms with Crippen molar-refractivity contribution in [3.05, 3.63) is 29.3 Å². The van der Waals surface area contributed by atoms with Gasteiger partial charge in [-0.2, -0.15) is 13.2 Å². The summed E-state index contributed by atoms with van der Waals surface area (Å²) >= 11 is 0. The predicted octanol–water partition coefficient (Wildman–Crippen LogP) is 3.62. The molecule has 90 valence electrons. The zero-order valence-electron chi connectivity index (χ0n) is 8.77. The highest BCUT2D eigenvalue weighted by Gasteiger charge is 2.30. The van der Waals surface area contributed by atoms with E-state index in [4.69, 9.17) is 4.74 Å². The summed E-state index contributed by atoms with van der Waals surface area (Å²) in [5.41, 5.74) is -0.350. The smallest absolute Gasteiger partial charge is 0.416 e. The van der Waals surface area contributed by atoms with Crippen molar-refractivity contribution in [3.63, 3.8) is 0 Å². The Morgan fingerprint density at radius 3 is 2.44 bits per heavy atom. The Labute approximate surface area is 91.0 Å². The zero-order valence-corrected chi connectivity index (χ0v) is 8.77. The number of aryl methyl sites for hydroxylation is 1. The molecule has 0 aliphatic carbocycles. The van der Waals surface area contributed by atoms with Gasteiger partial charge in [-0.1, -0.05) is 0 Å². The highest BCUT2D eigenvalue weighted by atomic mass is 19.4. The highest BCUT2D eigenvalue weighted by Crippen LogP contribution is 2.32. The molecule has 0 radical (unpaired) electrons. The molecular formula is C11H12F4O. The topological polar surface area (TPSA) is 9.23 Å². The van der Waals surface area contributed by atoms with Crippen LogP contribution in [0.3, 0.4) is 0 Å². The standard InChI is InChI=1S/C11H12F4O/c1-16-10-5-4-9(11(13,14)15)7-8(10)3-2-6-12/h4-5,7H,2-3,6H2,1H3. The third-order valence-corrected chi connectivity index (χ3v) is 2.19. The van der Waals surface area contributed by atoms with Gasteiger partial charge in [-0.3, -0.25) is 4.39 Å². The number of ether oxygens (including phenoxy) is 1. The van der Waals surface area contributed by atoms with Crippen LogP contribution in [0.4, 0.5) is 17.6 Å². The van der Waals surface area contributed by atoms with Gasteiger partial charge in [0.2, 0.25) is 0 Å². The van der Waals surface area contributed by atoms with Crippen molar-refractivity contribution in [2.75, 3.05) is 13.8 Å². The van der Waals surface area contributed by atoms with Crippen LogP contribution in [0.25, 0.3) is 0 Å². The minimum Gasteiger partial charge on any atom is -0.496 e. The molecule has 5 heteroatoms. The molecule has 0 amide bonds. The molecule has 1 aromatic rings. The minimum atomic E-state index is -4.38. The van der Waals surface area contributed by atoms with Crippen LogP contribution in [0.1, 0.15) is 17.5 Å². The van der Waals surface area contributed by atoms with Gasteiger partial charge in [0.15, 0.2) is 0 Å². The molecule has 0 fully saturated rings. The quantitative estimate of drug-likeness (QED) is 0.725. The Morgan fingerprint density at radius 2 is 1.94 bits per heavy atom. The van der Waals surface area contributed by atoms with Crippen molar-refractivity contribution >= 4 is 0 Å². The van der Waals surface area contributed by atoms with E-state index in [9.17, 15) is 17.6 Å². The van der Waals surface area contributed by atoms with Crippen molar-refractivity contribution in [2.24, 2.45) is 0 Å². The Morgan fingerprint density at radius 1 is 1.25 bits per heavy atom. The number of alkyl halides is 4. The first-order valence-electron chi connectivity index (χ1n) is 4.79. The van der Waals surface area contributed by atoms with E-state index in [2.05, 4.69) is 0 Å². The predicted molar refractivity (Wildman–Crippen MR) is 52.3 cm³/mol. The van der Waals surface area contributed by atoms with Crippen molar-refractivity contribution in [2.45, 2.75) is 19.0 Å². The maximum Gasteiger partial charge on any atom is 0.416 e. The lowest BCUT2D eigenvalue weighted by atomic mass is 10.1. The summed E-state index contributed by atoms with van der Waals surface area (Å²) in [6.45, 7) is -0.556. The van der Waals surface area contributed by atoms with Crippen LogP contribution >= 0.6 is 0 Å². The molecule has 0 aliphatic heterocycles. The van der Waals surface area contributed by atoms with E-state index in [1.807, 2.05) is 0 Å². The second kappa shape index (κ2) is 5.18. The number of hydrogen-bond acceptors (Lipinski definition) is 1. The molecule has 16 heavy (non-hydrogen) atoms. The van der Waals surface area contributed by atoms with Crippen LogP contribution < -0.4 is 4.74 Å². The van der Waals surface area contributed by atoms with Crippen LogP contribution in [-0.4, -0.2) is 13.8 Å². The van der Waals surface area contributed by atoms with E-state index in [1.54, 1.807) is 0 Å². The molecule has 0 N–H and O–H groups in total. The summed E-state index contributed by atoms with van der Waals surface area (Å²) in [4.78, 5) is 0. The molecule has 0 atom stereocenters. The minimum absolute atomic E-state index is 0.192. The molecular weight excluding hydrogens is 224 g/mol. The van der Waals surface area contributed by atoms with E-state index >= 15 is 0 Å². The lowest BCUT2D eigenvalue weighted by Crippen LogP contribution is -2.06. The van der Waals surface area contributed by atoms with E-state index in [1.165, 1.54) is 13.2 Å². The fraction of sp³-hybridized carbons (Fsp3) is 0.455. The molecule has 0 heterocycles. The molecule has 1 nitrogen and oxygen atoms in total. The second-order valence-electron chi connectivity index (χ2n) is 3.32. The van der Waals surface area contributed by atoms with Crippen LogP contribution in [0.5, 0.6) is 5.75 Å². The first-order chi connectivity index (χ1) is 7.49. The van der Waals surface area contributed by atoms with Crippen LogP contribution in [-0.2, 0) is 12.6 Å². The Bertz CT molecular complexity index is 346. The zero-order chi connectivity index (χ0) is 12.2. The fourth-order valence-corrected chi connectivity index (χ4v) is 1.41. The maximum absolute atomic E-state index is 12.4. The summed E-state index contributed by atoms with van der Waals surface area (Å²) in [7, 11) is 1.38. The van der Waals surface area contributed by atoms with Crippen molar-refractivity contribution in [3.8, 4) is 5.75 Å². The lowest BCUT2D eigenvalue weighted by Gasteiger charge is -2.12. The van der Waals surface area contributed by atoms with Gasteiger partial charge >= 0.3 is 6.18 Å². The van der Waals surface area contributed by atoms with Gasteiger partial charge in [-0.15, -0.1) is 0 Å². The van der Waals surface area contributed by atoms with Gasteiger partial charge in [0.1, 0.15) is 5.75 Å². The summed E-state index contributed by atoms with van der Waals surface area (Å²) in [5, 5.41) is 0. The Hall–Kier alpha value is -1.26. The maximum atomic E-state index is 12.4. The van der Waals surface area contributed by atoms with Crippen molar-refractivity contribution in [1.82, 2.24) is 0 Å². The van der Waals surface area contributed by atoms with Gasteiger partial charge in [-0.25, -0.2) is 0 Å². The van der Waals surface area contributed by atoms with Crippen molar-refractivity contribution < 1.29 is 22.3 Å². The number of rotatable bonds is 4. The largest absolute Gasteiger partial charge is 0.496 e. The molecule has 0 unspecified atom stereocenters. The normalized spacial score (nSPS) is 11.6. The average Bonchev–Trinajstić information content (AvgIpc) is 2.24. The number of hydrogen-bond donors (Lipinski definition) is 0. The van der Waals surface area contributed by atoms with E-state index in [0.717, 1.165) is 12.1 Å². The van der Waals surface area contributed by atoms with E-state index < -0.39 is 18.4 Å². The van der Waals surface area contributed by atoms with E-state index in [0.29, 0.717) is 11.3 Å². The fourth-order valence-electron chi connectivity index (χ4n) is 1.41. The van der Waals surface area contributed by atoms with Gasteiger partial charge in [-0.05, 0) is 36.6 Å². The monoisotopic (exact) mass is 236 g/mol. The van der Waals surface area contributed by atoms with E-state index in [-0.39, 0.29) is 12.8 Å². The average molecular weight is 236 g/mol. The molecule has 0 aliphatic rings. The van der Waals surface area contributed by atoms with Crippen LogP contribution in [0.2, 0.25) is 0 Å². The van der Waals surface area contributed by atoms with Gasteiger partial charge in [0, 0.05) is 0 Å². The molecule has 0 spiro atoms. The lowest BCUT2D eigenvalue weighted by molar-refractivity contribution is -0.137. The number of halogens is 4. The molecule has 0 aromatic heterocycles. The van der Waals surface area contributed by atoms with Crippen LogP contribution in [0, 0.1) is 0 Å². The number of methoxy groups -OCH3 is 1. The molecule has 0 saturated carbocycles. The van der Waals surface area contributed by atoms with Crippen LogP contribution in [0.15, 0.2) is 18.2 Å². The summed E-state index contributed by atoms with van der Waals surface area (Å²) in [5.74, 6) is 0.362. The molecule has 1 aromatic carbocycles. The van der Waals surface area contributed by atoms with Gasteiger partial charge in [0.05, 0.1) is 19.3 Å². The summed E-state index contributed by atoms with van der Waals surface area (Å²) in [6.07, 6.45) is -3.95. The van der Waals surface area contributed by atoms with Gasteiger partial charge < -0.3 is 4.74 Å². The molecule has 0 saturated heterocycles. The second-order valence-corrected chi connectivity index (χ2v) is 3.32. The Balaban J connectivity index is 3.01. The third-order valence-electron chi connectivity index (χ3n) is 2.19. The molecule has 0 bridgehead atoms.